The number of rotatable bonds is 8. The van der Waals surface area contributed by atoms with Crippen molar-refractivity contribution in [2.24, 2.45) is 14.1 Å². The van der Waals surface area contributed by atoms with Crippen molar-refractivity contribution in [2.45, 2.75) is 19.6 Å². The molecule has 206 valence electrons. The van der Waals surface area contributed by atoms with E-state index in [1.54, 1.807) is 18.7 Å². The number of benzene rings is 2. The molecule has 0 saturated carbocycles. The summed E-state index contributed by atoms with van der Waals surface area (Å²) < 4.78 is 15.3. The van der Waals surface area contributed by atoms with Gasteiger partial charge in [-0.3, -0.25) is 13.9 Å². The summed E-state index contributed by atoms with van der Waals surface area (Å²) in [5, 5.41) is 11.0. The van der Waals surface area contributed by atoms with Crippen molar-refractivity contribution in [1.82, 2.24) is 18.7 Å². The minimum atomic E-state index is -0.913. The maximum absolute atomic E-state index is 13.2. The molecule has 11 heteroatoms. The van der Waals surface area contributed by atoms with E-state index in [4.69, 9.17) is 14.5 Å². The van der Waals surface area contributed by atoms with E-state index in [-0.39, 0.29) is 18.7 Å². The first-order valence-electron chi connectivity index (χ1n) is 12.9. The minimum absolute atomic E-state index is 0.0416. The van der Waals surface area contributed by atoms with Gasteiger partial charge < -0.3 is 28.9 Å². The lowest BCUT2D eigenvalue weighted by Gasteiger charge is -2.37. The number of methoxy groups -OCH3 is 1. The van der Waals surface area contributed by atoms with Crippen molar-refractivity contribution < 1.29 is 14.6 Å². The van der Waals surface area contributed by atoms with Gasteiger partial charge in [0, 0.05) is 46.0 Å². The molecule has 0 bridgehead atoms. The van der Waals surface area contributed by atoms with Crippen LogP contribution in [0.2, 0.25) is 0 Å². The molecule has 4 aromatic rings. The smallest absolute Gasteiger partial charge is 0.332 e. The van der Waals surface area contributed by atoms with E-state index >= 15 is 0 Å². The molecule has 1 saturated heterocycles. The third kappa shape index (κ3) is 5.22. The highest BCUT2D eigenvalue weighted by atomic mass is 16.5. The first-order chi connectivity index (χ1) is 18.8. The molecule has 11 nitrogen and oxygen atoms in total. The van der Waals surface area contributed by atoms with Gasteiger partial charge in [0.15, 0.2) is 11.2 Å². The van der Waals surface area contributed by atoms with Gasteiger partial charge in [-0.25, -0.2) is 4.79 Å². The molecule has 5 rings (SSSR count). The van der Waals surface area contributed by atoms with Crippen LogP contribution < -0.4 is 30.5 Å². The van der Waals surface area contributed by atoms with Crippen molar-refractivity contribution in [1.29, 1.82) is 0 Å². The van der Waals surface area contributed by atoms with Crippen LogP contribution in [0.4, 0.5) is 11.6 Å². The predicted octanol–water partition coefficient (Wildman–Crippen LogP) is 1.52. The Hall–Kier alpha value is -4.25. The largest absolute Gasteiger partial charge is 0.497 e. The van der Waals surface area contributed by atoms with Gasteiger partial charge in [0.25, 0.3) is 5.56 Å². The zero-order chi connectivity index (χ0) is 27.7. The van der Waals surface area contributed by atoms with Crippen LogP contribution in [0.5, 0.6) is 11.5 Å². The van der Waals surface area contributed by atoms with Crippen molar-refractivity contribution in [2.75, 3.05) is 49.7 Å². The standard InChI is InChI=1S/C28H34N6O5/c1-19-6-5-7-23(16-19)39-18-21(35)17-34-24-25(30(2)28(37)31(3)26(24)36)29-27(34)33-14-12-32(13-15-33)20-8-10-22(38-4)11-9-20/h5-11,16,21,35H,12-15,17-18H2,1-4H3/t21-/m1/s1. The highest BCUT2D eigenvalue weighted by Crippen LogP contribution is 2.25. The van der Waals surface area contributed by atoms with Crippen LogP contribution in [0.25, 0.3) is 11.2 Å². The van der Waals surface area contributed by atoms with Crippen molar-refractivity contribution in [3.05, 3.63) is 74.9 Å². The Morgan fingerprint density at radius 1 is 0.949 bits per heavy atom. The summed E-state index contributed by atoms with van der Waals surface area (Å²) in [7, 11) is 4.70. The van der Waals surface area contributed by atoms with Crippen LogP contribution in [0, 0.1) is 6.92 Å². The molecule has 1 fully saturated rings. The number of nitrogens with zero attached hydrogens (tertiary/aromatic N) is 6. The molecule has 0 radical (unpaired) electrons. The number of anilines is 2. The Morgan fingerprint density at radius 2 is 1.64 bits per heavy atom. The molecule has 1 aliphatic rings. The van der Waals surface area contributed by atoms with Crippen LogP contribution in [0.1, 0.15) is 5.56 Å². The molecule has 0 aliphatic carbocycles. The second-order valence-corrected chi connectivity index (χ2v) is 9.85. The molecule has 2 aromatic heterocycles. The van der Waals surface area contributed by atoms with E-state index in [1.165, 1.54) is 11.6 Å². The number of aliphatic hydroxyl groups is 1. The van der Waals surface area contributed by atoms with Crippen molar-refractivity contribution >= 4 is 22.8 Å². The Balaban J connectivity index is 1.42. The third-order valence-electron chi connectivity index (χ3n) is 7.15. The number of hydrogen-bond acceptors (Lipinski definition) is 8. The summed E-state index contributed by atoms with van der Waals surface area (Å²) in [6.45, 7) is 4.89. The lowest BCUT2D eigenvalue weighted by Crippen LogP contribution is -2.47. The topological polar surface area (TPSA) is 107 Å². The first kappa shape index (κ1) is 26.4. The number of aryl methyl sites for hydroxylation is 2. The number of hydrogen-bond donors (Lipinski definition) is 1. The second kappa shape index (κ2) is 10.9. The van der Waals surface area contributed by atoms with Crippen LogP contribution in [0.3, 0.4) is 0 Å². The van der Waals surface area contributed by atoms with Gasteiger partial charge in [-0.1, -0.05) is 12.1 Å². The monoisotopic (exact) mass is 534 g/mol. The van der Waals surface area contributed by atoms with Crippen molar-refractivity contribution in [3.63, 3.8) is 0 Å². The molecular formula is C28H34N6O5. The molecule has 1 aliphatic heterocycles. The summed E-state index contributed by atoms with van der Waals surface area (Å²) in [6.07, 6.45) is -0.913. The summed E-state index contributed by atoms with van der Waals surface area (Å²) in [4.78, 5) is 35.0. The highest BCUT2D eigenvalue weighted by Gasteiger charge is 2.27. The van der Waals surface area contributed by atoms with Crippen LogP contribution in [-0.2, 0) is 20.6 Å². The van der Waals surface area contributed by atoms with Gasteiger partial charge in [0.1, 0.15) is 24.2 Å². The highest BCUT2D eigenvalue weighted by molar-refractivity contribution is 5.74. The molecular weight excluding hydrogens is 500 g/mol. The van der Waals surface area contributed by atoms with Gasteiger partial charge in [-0.2, -0.15) is 4.98 Å². The van der Waals surface area contributed by atoms with E-state index in [0.717, 1.165) is 34.7 Å². The summed E-state index contributed by atoms with van der Waals surface area (Å²) in [5.74, 6) is 2.02. The minimum Gasteiger partial charge on any atom is -0.497 e. The lowest BCUT2D eigenvalue weighted by molar-refractivity contribution is 0.0936. The maximum Gasteiger partial charge on any atom is 0.332 e. The fraction of sp³-hybridized carbons (Fsp3) is 0.393. The number of imidazole rings is 1. The van der Waals surface area contributed by atoms with Crippen LogP contribution >= 0.6 is 0 Å². The Kier molecular flexibility index (Phi) is 7.34. The first-order valence-corrected chi connectivity index (χ1v) is 12.9. The van der Waals surface area contributed by atoms with E-state index in [0.29, 0.717) is 30.4 Å². The van der Waals surface area contributed by atoms with E-state index in [1.807, 2.05) is 55.5 Å². The van der Waals surface area contributed by atoms with Crippen LogP contribution in [-0.4, -0.2) is 69.8 Å². The Labute approximate surface area is 226 Å². The number of fused-ring (bicyclic) bond motifs is 1. The van der Waals surface area contributed by atoms with Crippen LogP contribution in [0.15, 0.2) is 58.1 Å². The van der Waals surface area contributed by atoms with Gasteiger partial charge in [0.2, 0.25) is 5.95 Å². The van der Waals surface area contributed by atoms with E-state index in [9.17, 15) is 14.7 Å². The second-order valence-electron chi connectivity index (χ2n) is 9.85. The quantitative estimate of drug-likeness (QED) is 0.363. The molecule has 1 N–H and O–H groups in total. The van der Waals surface area contributed by atoms with Gasteiger partial charge in [0.05, 0.1) is 13.7 Å². The maximum atomic E-state index is 13.2. The van der Waals surface area contributed by atoms with Gasteiger partial charge in [-0.15, -0.1) is 0 Å². The molecule has 0 amide bonds. The number of aliphatic hydroxyl groups excluding tert-OH is 1. The SMILES string of the molecule is COc1ccc(N2CCN(c3nc4c(c(=O)n(C)c(=O)n4C)n3C[C@@H](O)COc3cccc(C)c3)CC2)cc1. The molecule has 39 heavy (non-hydrogen) atoms. The molecule has 0 unspecified atom stereocenters. The lowest BCUT2D eigenvalue weighted by atomic mass is 10.2. The normalized spacial score (nSPS) is 14.6. The molecule has 2 aromatic carbocycles. The zero-order valence-electron chi connectivity index (χ0n) is 22.7. The van der Waals surface area contributed by atoms with Crippen molar-refractivity contribution in [3.8, 4) is 11.5 Å². The Bertz CT molecular complexity index is 1580. The number of ether oxygens (including phenoxy) is 2. The van der Waals surface area contributed by atoms with E-state index < -0.39 is 17.4 Å². The van der Waals surface area contributed by atoms with E-state index in [2.05, 4.69) is 9.80 Å². The van der Waals surface area contributed by atoms with Gasteiger partial charge >= 0.3 is 5.69 Å². The summed E-state index contributed by atoms with van der Waals surface area (Å²) in [5.41, 5.74) is 1.84. The fourth-order valence-corrected chi connectivity index (χ4v) is 4.97. The Morgan fingerprint density at radius 3 is 2.31 bits per heavy atom. The molecule has 0 spiro atoms. The summed E-state index contributed by atoms with van der Waals surface area (Å²) >= 11 is 0. The zero-order valence-corrected chi connectivity index (χ0v) is 22.7. The molecule has 1 atom stereocenters. The van der Waals surface area contributed by atoms with Gasteiger partial charge in [-0.05, 0) is 48.9 Å². The summed E-state index contributed by atoms with van der Waals surface area (Å²) in [6, 6.07) is 15.6. The number of piperazine rings is 1. The predicted molar refractivity (Wildman–Crippen MR) is 150 cm³/mol. The third-order valence-corrected chi connectivity index (χ3v) is 7.15. The molecule has 3 heterocycles. The fourth-order valence-electron chi connectivity index (χ4n) is 4.97. The average Bonchev–Trinajstić information content (AvgIpc) is 3.33. The number of aromatic nitrogens is 4. The average molecular weight is 535 g/mol.